The fraction of sp³-hybridized carbons (Fsp3) is 0.143. The highest BCUT2D eigenvalue weighted by atomic mass is 32.1. The monoisotopic (exact) mass is 273 g/mol. The number of amides is 1. The summed E-state index contributed by atoms with van der Waals surface area (Å²) in [5.41, 5.74) is 7.41. The molecule has 2 rings (SSSR count). The van der Waals surface area contributed by atoms with Crippen molar-refractivity contribution < 1.29 is 4.79 Å². The fourth-order valence-electron chi connectivity index (χ4n) is 1.62. The Balaban J connectivity index is 2.11. The second-order valence-corrected chi connectivity index (χ2v) is 4.93. The van der Waals surface area contributed by atoms with E-state index < -0.39 is 6.04 Å². The van der Waals surface area contributed by atoms with Crippen molar-refractivity contribution in [2.24, 2.45) is 5.73 Å². The number of aromatic nitrogens is 1. The minimum absolute atomic E-state index is 0.212. The van der Waals surface area contributed by atoms with E-state index in [2.05, 4.69) is 16.9 Å². The maximum Gasteiger partial charge on any atom is 0.241 e. The van der Waals surface area contributed by atoms with E-state index in [0.717, 1.165) is 16.3 Å². The van der Waals surface area contributed by atoms with Gasteiger partial charge in [0.2, 0.25) is 5.91 Å². The molecule has 0 bridgehead atoms. The molecule has 1 unspecified atom stereocenters. The summed E-state index contributed by atoms with van der Waals surface area (Å²) in [5, 5.41) is 5.63. The summed E-state index contributed by atoms with van der Waals surface area (Å²) in [4.78, 5) is 16.0. The molecule has 98 valence electrons. The molecule has 0 saturated heterocycles. The molecule has 1 amide bonds. The third-order valence-electron chi connectivity index (χ3n) is 2.57. The van der Waals surface area contributed by atoms with Crippen LogP contribution in [-0.4, -0.2) is 16.9 Å². The minimum atomic E-state index is -0.569. The average Bonchev–Trinajstić information content (AvgIpc) is 2.93. The molecule has 0 aliphatic heterocycles. The summed E-state index contributed by atoms with van der Waals surface area (Å²) in [6.45, 7) is 3.57. The van der Waals surface area contributed by atoms with Crippen LogP contribution in [0.3, 0.4) is 0 Å². The van der Waals surface area contributed by atoms with Gasteiger partial charge >= 0.3 is 0 Å². The Morgan fingerprint density at radius 3 is 3.11 bits per heavy atom. The van der Waals surface area contributed by atoms with Crippen molar-refractivity contribution in [3.05, 3.63) is 48.5 Å². The van der Waals surface area contributed by atoms with Crippen LogP contribution in [-0.2, 0) is 4.79 Å². The predicted molar refractivity (Wildman–Crippen MR) is 79.0 cm³/mol. The molecule has 3 N–H and O–H groups in total. The lowest BCUT2D eigenvalue weighted by molar-refractivity contribution is -0.117. The topological polar surface area (TPSA) is 68.0 Å². The summed E-state index contributed by atoms with van der Waals surface area (Å²) in [6.07, 6.45) is 3.85. The van der Waals surface area contributed by atoms with Gasteiger partial charge in [-0.2, -0.15) is 0 Å². The fourth-order valence-corrected chi connectivity index (χ4v) is 2.25. The molecule has 4 nitrogen and oxygen atoms in total. The van der Waals surface area contributed by atoms with E-state index in [1.807, 2.05) is 29.6 Å². The zero-order valence-corrected chi connectivity index (χ0v) is 11.2. The molecule has 0 radical (unpaired) electrons. The van der Waals surface area contributed by atoms with Gasteiger partial charge in [-0.25, -0.2) is 4.98 Å². The number of carbonyl (C=O) groups is 1. The number of nitrogens with zero attached hydrogens (tertiary/aromatic N) is 1. The van der Waals surface area contributed by atoms with Crippen LogP contribution >= 0.6 is 11.3 Å². The molecule has 5 heteroatoms. The number of rotatable bonds is 5. The van der Waals surface area contributed by atoms with Crippen molar-refractivity contribution in [2.75, 3.05) is 5.32 Å². The van der Waals surface area contributed by atoms with Gasteiger partial charge in [0.1, 0.15) is 5.01 Å². The summed E-state index contributed by atoms with van der Waals surface area (Å²) < 4.78 is 0. The summed E-state index contributed by atoms with van der Waals surface area (Å²) in [5.74, 6) is -0.212. The van der Waals surface area contributed by atoms with Crippen LogP contribution in [0.5, 0.6) is 0 Å². The van der Waals surface area contributed by atoms with Crippen LogP contribution in [0.2, 0.25) is 0 Å². The van der Waals surface area contributed by atoms with Crippen LogP contribution < -0.4 is 11.1 Å². The average molecular weight is 273 g/mol. The second kappa shape index (κ2) is 6.26. The number of benzene rings is 1. The maximum absolute atomic E-state index is 11.8. The van der Waals surface area contributed by atoms with E-state index in [4.69, 9.17) is 5.73 Å². The highest BCUT2D eigenvalue weighted by Crippen LogP contribution is 2.24. The Morgan fingerprint density at radius 1 is 1.58 bits per heavy atom. The van der Waals surface area contributed by atoms with Crippen molar-refractivity contribution in [1.29, 1.82) is 0 Å². The normalized spacial score (nSPS) is 11.8. The molecule has 1 atom stereocenters. The lowest BCUT2D eigenvalue weighted by atomic mass is 10.1. The molecular weight excluding hydrogens is 258 g/mol. The first-order chi connectivity index (χ1) is 9.20. The SMILES string of the molecule is C=CCC(N)C(=O)Nc1cccc(-c2nccs2)c1. The maximum atomic E-state index is 11.8. The highest BCUT2D eigenvalue weighted by Gasteiger charge is 2.12. The number of nitrogens with two attached hydrogens (primary N) is 1. The van der Waals surface area contributed by atoms with Crippen molar-refractivity contribution in [3.8, 4) is 10.6 Å². The molecule has 0 spiro atoms. The Morgan fingerprint density at radius 2 is 2.42 bits per heavy atom. The van der Waals surface area contributed by atoms with Crippen molar-refractivity contribution in [3.63, 3.8) is 0 Å². The first-order valence-electron chi connectivity index (χ1n) is 5.88. The van der Waals surface area contributed by atoms with E-state index >= 15 is 0 Å². The number of anilines is 1. The van der Waals surface area contributed by atoms with Crippen LogP contribution in [0.25, 0.3) is 10.6 Å². The molecule has 2 aromatic rings. The quantitative estimate of drug-likeness (QED) is 0.823. The third kappa shape index (κ3) is 3.49. The predicted octanol–water partition coefficient (Wildman–Crippen LogP) is 2.65. The molecule has 0 fully saturated rings. The van der Waals surface area contributed by atoms with Crippen molar-refractivity contribution in [2.45, 2.75) is 12.5 Å². The summed E-state index contributed by atoms with van der Waals surface area (Å²) in [7, 11) is 0. The highest BCUT2D eigenvalue weighted by molar-refractivity contribution is 7.13. The number of carbonyl (C=O) groups excluding carboxylic acids is 1. The molecule has 0 aliphatic carbocycles. The van der Waals surface area contributed by atoms with Crippen molar-refractivity contribution in [1.82, 2.24) is 4.98 Å². The molecule has 1 heterocycles. The van der Waals surface area contributed by atoms with Gasteiger partial charge in [-0.3, -0.25) is 4.79 Å². The Bertz CT molecular complexity index is 566. The molecule has 19 heavy (non-hydrogen) atoms. The lowest BCUT2D eigenvalue weighted by Gasteiger charge is -2.10. The van der Waals surface area contributed by atoms with Gasteiger partial charge in [0, 0.05) is 22.8 Å². The van der Waals surface area contributed by atoms with Gasteiger partial charge in [-0.1, -0.05) is 18.2 Å². The van der Waals surface area contributed by atoms with Crippen LogP contribution in [0.15, 0.2) is 48.5 Å². The zero-order chi connectivity index (χ0) is 13.7. The van der Waals surface area contributed by atoms with Gasteiger partial charge in [-0.15, -0.1) is 17.9 Å². The Hall–Kier alpha value is -1.98. The largest absolute Gasteiger partial charge is 0.325 e. The molecular formula is C14H15N3OS. The summed E-state index contributed by atoms with van der Waals surface area (Å²) >= 11 is 1.56. The first-order valence-corrected chi connectivity index (χ1v) is 6.76. The van der Waals surface area contributed by atoms with Crippen LogP contribution in [0.1, 0.15) is 6.42 Å². The van der Waals surface area contributed by atoms with Gasteiger partial charge in [0.15, 0.2) is 0 Å². The van der Waals surface area contributed by atoms with E-state index in [9.17, 15) is 4.79 Å². The number of hydrogen-bond acceptors (Lipinski definition) is 4. The Kier molecular flexibility index (Phi) is 4.43. The van der Waals surface area contributed by atoms with E-state index in [-0.39, 0.29) is 5.91 Å². The molecule has 1 aromatic carbocycles. The standard InChI is InChI=1S/C14H15N3OS/c1-2-4-12(15)13(18)17-11-6-3-5-10(9-11)14-16-7-8-19-14/h2-3,5-9,12H,1,4,15H2,(H,17,18). The zero-order valence-electron chi connectivity index (χ0n) is 10.4. The van der Waals surface area contributed by atoms with Gasteiger partial charge < -0.3 is 11.1 Å². The second-order valence-electron chi connectivity index (χ2n) is 4.04. The lowest BCUT2D eigenvalue weighted by Crippen LogP contribution is -2.35. The first kappa shape index (κ1) is 13.5. The molecule has 1 aromatic heterocycles. The molecule has 0 saturated carbocycles. The van der Waals surface area contributed by atoms with Gasteiger partial charge in [-0.05, 0) is 18.6 Å². The number of hydrogen-bond donors (Lipinski definition) is 2. The van der Waals surface area contributed by atoms with Crippen molar-refractivity contribution >= 4 is 22.9 Å². The molecule has 0 aliphatic rings. The smallest absolute Gasteiger partial charge is 0.241 e. The number of nitrogens with one attached hydrogen (secondary N) is 1. The summed E-state index contributed by atoms with van der Waals surface area (Å²) in [6, 6.07) is 6.98. The van der Waals surface area contributed by atoms with Gasteiger partial charge in [0.25, 0.3) is 0 Å². The minimum Gasteiger partial charge on any atom is -0.325 e. The van der Waals surface area contributed by atoms with E-state index in [1.165, 1.54) is 0 Å². The third-order valence-corrected chi connectivity index (χ3v) is 3.39. The van der Waals surface area contributed by atoms with E-state index in [0.29, 0.717) is 6.42 Å². The van der Waals surface area contributed by atoms with Crippen LogP contribution in [0, 0.1) is 0 Å². The number of thiazole rings is 1. The van der Waals surface area contributed by atoms with Gasteiger partial charge in [0.05, 0.1) is 6.04 Å². The van der Waals surface area contributed by atoms with Crippen LogP contribution in [0.4, 0.5) is 5.69 Å². The van der Waals surface area contributed by atoms with E-state index in [1.54, 1.807) is 23.6 Å². The Labute approximate surface area is 116 Å².